The predicted molar refractivity (Wildman–Crippen MR) is 85.8 cm³/mol. The smallest absolute Gasteiger partial charge is 0.352 e. The Balaban J connectivity index is 1.91. The molecular formula is C17H15BrF3NO. The Morgan fingerprint density at radius 2 is 1.78 bits per heavy atom. The van der Waals surface area contributed by atoms with Crippen LogP contribution in [0, 0.1) is 0 Å². The monoisotopic (exact) mass is 385 g/mol. The molecule has 0 spiro atoms. The first kappa shape index (κ1) is 17.5. The fourth-order valence-corrected chi connectivity index (χ4v) is 2.46. The quantitative estimate of drug-likeness (QED) is 0.792. The van der Waals surface area contributed by atoms with Gasteiger partial charge in [0, 0.05) is 17.4 Å². The molecule has 2 aromatic rings. The van der Waals surface area contributed by atoms with E-state index in [0.717, 1.165) is 17.7 Å². The Labute approximate surface area is 140 Å². The third-order valence-electron chi connectivity index (χ3n) is 3.33. The van der Waals surface area contributed by atoms with Gasteiger partial charge in [-0.2, -0.15) is 13.2 Å². The van der Waals surface area contributed by atoms with Crippen molar-refractivity contribution < 1.29 is 18.0 Å². The summed E-state index contributed by atoms with van der Waals surface area (Å²) in [5, 5.41) is 2.65. The standard InChI is InChI=1S/C17H15BrF3NO/c18-15-8-7-14(17(19,20)21)10-13(15)11-22-16(23)9-6-12-4-2-1-3-5-12/h1-5,7-8,10H,6,9,11H2,(H,22,23). The van der Waals surface area contributed by atoms with Crippen LogP contribution >= 0.6 is 15.9 Å². The molecule has 2 nitrogen and oxygen atoms in total. The first-order chi connectivity index (χ1) is 10.9. The van der Waals surface area contributed by atoms with Gasteiger partial charge in [0.2, 0.25) is 5.91 Å². The van der Waals surface area contributed by atoms with Gasteiger partial charge in [0.15, 0.2) is 0 Å². The number of carbonyl (C=O) groups excluding carboxylic acids is 1. The second kappa shape index (κ2) is 7.64. The summed E-state index contributed by atoms with van der Waals surface area (Å²) in [4.78, 5) is 11.8. The molecule has 0 aliphatic heterocycles. The zero-order valence-electron chi connectivity index (χ0n) is 12.2. The van der Waals surface area contributed by atoms with E-state index in [4.69, 9.17) is 0 Å². The average Bonchev–Trinajstić information content (AvgIpc) is 2.52. The number of aryl methyl sites for hydroxylation is 1. The van der Waals surface area contributed by atoms with Gasteiger partial charge in [0.25, 0.3) is 0 Å². The average molecular weight is 386 g/mol. The molecule has 2 rings (SSSR count). The highest BCUT2D eigenvalue weighted by Gasteiger charge is 2.30. The molecule has 6 heteroatoms. The molecule has 23 heavy (non-hydrogen) atoms. The summed E-state index contributed by atoms with van der Waals surface area (Å²) < 4.78 is 38.6. The number of benzene rings is 2. The summed E-state index contributed by atoms with van der Waals surface area (Å²) in [6.07, 6.45) is -3.51. The number of halogens is 4. The molecule has 1 N–H and O–H groups in total. The minimum atomic E-state index is -4.40. The number of nitrogens with one attached hydrogen (secondary N) is 1. The zero-order chi connectivity index (χ0) is 16.9. The van der Waals surface area contributed by atoms with Crippen molar-refractivity contribution >= 4 is 21.8 Å². The Morgan fingerprint density at radius 3 is 2.43 bits per heavy atom. The third kappa shape index (κ3) is 5.39. The van der Waals surface area contributed by atoms with Gasteiger partial charge < -0.3 is 5.32 Å². The minimum Gasteiger partial charge on any atom is -0.352 e. The van der Waals surface area contributed by atoms with Gasteiger partial charge in [-0.15, -0.1) is 0 Å². The van der Waals surface area contributed by atoms with Gasteiger partial charge in [0.05, 0.1) is 5.56 Å². The number of rotatable bonds is 5. The highest BCUT2D eigenvalue weighted by atomic mass is 79.9. The van der Waals surface area contributed by atoms with E-state index in [2.05, 4.69) is 21.2 Å². The lowest BCUT2D eigenvalue weighted by Gasteiger charge is -2.11. The van der Waals surface area contributed by atoms with Crippen LogP contribution in [0.1, 0.15) is 23.1 Å². The van der Waals surface area contributed by atoms with E-state index in [1.54, 1.807) is 0 Å². The van der Waals surface area contributed by atoms with E-state index in [1.165, 1.54) is 6.07 Å². The van der Waals surface area contributed by atoms with Crippen LogP contribution in [0.3, 0.4) is 0 Å². The second-order valence-electron chi connectivity index (χ2n) is 5.07. The Hall–Kier alpha value is -1.82. The maximum absolute atomic E-state index is 12.7. The van der Waals surface area contributed by atoms with Crippen LogP contribution in [0.4, 0.5) is 13.2 Å². The SMILES string of the molecule is O=C(CCc1ccccc1)NCc1cc(C(F)(F)F)ccc1Br. The molecule has 0 heterocycles. The van der Waals surface area contributed by atoms with Crippen LogP contribution in [-0.4, -0.2) is 5.91 Å². The maximum atomic E-state index is 12.7. The van der Waals surface area contributed by atoms with E-state index in [1.807, 2.05) is 30.3 Å². The van der Waals surface area contributed by atoms with E-state index in [0.29, 0.717) is 22.9 Å². The van der Waals surface area contributed by atoms with Crippen molar-refractivity contribution in [1.29, 1.82) is 0 Å². The molecule has 0 saturated carbocycles. The summed E-state index contributed by atoms with van der Waals surface area (Å²) in [7, 11) is 0. The molecule has 2 aromatic carbocycles. The lowest BCUT2D eigenvalue weighted by atomic mass is 10.1. The highest BCUT2D eigenvalue weighted by molar-refractivity contribution is 9.10. The summed E-state index contributed by atoms with van der Waals surface area (Å²) in [5.41, 5.74) is 0.713. The van der Waals surface area contributed by atoms with Gasteiger partial charge >= 0.3 is 6.18 Å². The van der Waals surface area contributed by atoms with Crippen LogP contribution in [0.5, 0.6) is 0 Å². The van der Waals surface area contributed by atoms with Crippen molar-refractivity contribution in [2.24, 2.45) is 0 Å². The number of carbonyl (C=O) groups is 1. The first-order valence-electron chi connectivity index (χ1n) is 7.02. The van der Waals surface area contributed by atoms with E-state index >= 15 is 0 Å². The molecule has 0 aliphatic rings. The number of hydrogen-bond donors (Lipinski definition) is 1. The van der Waals surface area contributed by atoms with Crippen molar-refractivity contribution in [2.45, 2.75) is 25.6 Å². The maximum Gasteiger partial charge on any atom is 0.416 e. The fraction of sp³-hybridized carbons (Fsp3) is 0.235. The molecule has 0 atom stereocenters. The van der Waals surface area contributed by atoms with Crippen LogP contribution in [0.2, 0.25) is 0 Å². The van der Waals surface area contributed by atoms with Crippen molar-refractivity contribution in [2.75, 3.05) is 0 Å². The topological polar surface area (TPSA) is 29.1 Å². The van der Waals surface area contributed by atoms with E-state index in [9.17, 15) is 18.0 Å². The van der Waals surface area contributed by atoms with Crippen molar-refractivity contribution in [1.82, 2.24) is 5.32 Å². The van der Waals surface area contributed by atoms with Gasteiger partial charge in [-0.25, -0.2) is 0 Å². The lowest BCUT2D eigenvalue weighted by molar-refractivity contribution is -0.137. The minimum absolute atomic E-state index is 0.0537. The molecule has 0 fully saturated rings. The summed E-state index contributed by atoms with van der Waals surface area (Å²) >= 11 is 3.20. The Bertz CT molecular complexity index is 671. The first-order valence-corrected chi connectivity index (χ1v) is 7.82. The van der Waals surface area contributed by atoms with Crippen molar-refractivity contribution in [3.05, 3.63) is 69.7 Å². The van der Waals surface area contributed by atoms with Crippen LogP contribution in [0.25, 0.3) is 0 Å². The number of amides is 1. The highest BCUT2D eigenvalue weighted by Crippen LogP contribution is 2.31. The summed E-state index contributed by atoms with van der Waals surface area (Å²) in [6.45, 7) is 0.0537. The molecule has 122 valence electrons. The zero-order valence-corrected chi connectivity index (χ0v) is 13.7. The summed E-state index contributed by atoms with van der Waals surface area (Å²) in [6, 6.07) is 12.9. The number of alkyl halides is 3. The Kier molecular flexibility index (Phi) is 5.82. The predicted octanol–water partition coefficient (Wildman–Crippen LogP) is 4.72. The molecule has 1 amide bonds. The van der Waals surface area contributed by atoms with Gasteiger partial charge in [-0.05, 0) is 35.7 Å². The molecule has 0 radical (unpaired) electrons. The summed E-state index contributed by atoms with van der Waals surface area (Å²) in [5.74, 6) is -0.196. The Morgan fingerprint density at radius 1 is 1.09 bits per heavy atom. The molecule has 0 aromatic heterocycles. The third-order valence-corrected chi connectivity index (χ3v) is 4.11. The number of hydrogen-bond acceptors (Lipinski definition) is 1. The van der Waals surface area contributed by atoms with Crippen LogP contribution in [-0.2, 0) is 23.9 Å². The normalized spacial score (nSPS) is 11.3. The lowest BCUT2D eigenvalue weighted by Crippen LogP contribution is -2.23. The largest absolute Gasteiger partial charge is 0.416 e. The molecule has 0 aliphatic carbocycles. The van der Waals surface area contributed by atoms with Crippen molar-refractivity contribution in [3.63, 3.8) is 0 Å². The second-order valence-corrected chi connectivity index (χ2v) is 5.92. The van der Waals surface area contributed by atoms with E-state index < -0.39 is 11.7 Å². The van der Waals surface area contributed by atoms with Gasteiger partial charge in [0.1, 0.15) is 0 Å². The van der Waals surface area contributed by atoms with Crippen LogP contribution in [0.15, 0.2) is 53.0 Å². The molecular weight excluding hydrogens is 371 g/mol. The molecule has 0 saturated heterocycles. The van der Waals surface area contributed by atoms with Gasteiger partial charge in [-0.1, -0.05) is 46.3 Å². The van der Waals surface area contributed by atoms with Crippen LogP contribution < -0.4 is 5.32 Å². The van der Waals surface area contributed by atoms with E-state index in [-0.39, 0.29) is 12.5 Å². The molecule has 0 unspecified atom stereocenters. The fourth-order valence-electron chi connectivity index (χ4n) is 2.07. The molecule has 0 bridgehead atoms. The van der Waals surface area contributed by atoms with Gasteiger partial charge in [-0.3, -0.25) is 4.79 Å². The van der Waals surface area contributed by atoms with Crippen molar-refractivity contribution in [3.8, 4) is 0 Å².